The van der Waals surface area contributed by atoms with Crippen molar-refractivity contribution in [2.24, 2.45) is 0 Å². The van der Waals surface area contributed by atoms with Gasteiger partial charge in [-0.3, -0.25) is 0 Å². The number of nitrogens with zero attached hydrogens (tertiary/aromatic N) is 1. The average Bonchev–Trinajstić information content (AvgIpc) is 2.54. The zero-order valence-electron chi connectivity index (χ0n) is 10.6. The molecule has 17 heavy (non-hydrogen) atoms. The molecule has 0 amide bonds. The van der Waals surface area contributed by atoms with Crippen LogP contribution in [-0.2, 0) is 5.41 Å². The Morgan fingerprint density at radius 1 is 1.18 bits per heavy atom. The van der Waals surface area contributed by atoms with Crippen molar-refractivity contribution in [3.8, 4) is 0 Å². The lowest BCUT2D eigenvalue weighted by Gasteiger charge is -2.31. The Kier molecular flexibility index (Phi) is 2.55. The van der Waals surface area contributed by atoms with E-state index in [0.29, 0.717) is 0 Å². The number of rotatable bonds is 0. The third-order valence-electron chi connectivity index (χ3n) is 4.74. The number of benzene rings is 1. The van der Waals surface area contributed by atoms with Crippen LogP contribution in [0.1, 0.15) is 44.6 Å². The molecular weight excluding hydrogens is 230 g/mol. The molecule has 2 aliphatic rings. The highest BCUT2D eigenvalue weighted by atomic mass is 35.5. The molecule has 1 aliphatic carbocycles. The molecule has 0 atom stereocenters. The quantitative estimate of drug-likeness (QED) is 0.603. The van der Waals surface area contributed by atoms with E-state index in [-0.39, 0.29) is 5.41 Å². The van der Waals surface area contributed by atoms with Crippen LogP contribution in [0, 0.1) is 0 Å². The van der Waals surface area contributed by atoms with E-state index < -0.39 is 0 Å². The van der Waals surface area contributed by atoms with E-state index >= 15 is 0 Å². The largest absolute Gasteiger partial charge is 0.209 e. The van der Waals surface area contributed by atoms with Crippen molar-refractivity contribution in [3.05, 3.63) is 28.8 Å². The van der Waals surface area contributed by atoms with Gasteiger partial charge in [0.15, 0.2) is 5.71 Å². The van der Waals surface area contributed by atoms with Gasteiger partial charge in [0, 0.05) is 23.6 Å². The van der Waals surface area contributed by atoms with E-state index in [1.165, 1.54) is 49.1 Å². The molecule has 3 rings (SSSR count). The van der Waals surface area contributed by atoms with E-state index in [9.17, 15) is 0 Å². The second-order valence-corrected chi connectivity index (χ2v) is 5.89. The number of hydrogen-bond acceptors (Lipinski definition) is 0. The molecule has 1 fully saturated rings. The molecule has 0 bridgehead atoms. The highest BCUT2D eigenvalue weighted by Gasteiger charge is 2.49. The standard InChI is InChI=1S/C15H19ClN/c1-11-15(8-4-3-5-9-15)13-10-12(16)6-7-14(13)17(11)2/h6-7,10H,3-5,8-9H2,1-2H3/q+1. The van der Waals surface area contributed by atoms with Gasteiger partial charge in [0.25, 0.3) is 0 Å². The van der Waals surface area contributed by atoms with Gasteiger partial charge < -0.3 is 0 Å². The van der Waals surface area contributed by atoms with Gasteiger partial charge >= 0.3 is 0 Å². The first-order valence-electron chi connectivity index (χ1n) is 6.53. The molecule has 0 saturated heterocycles. The molecule has 1 aromatic carbocycles. The third-order valence-corrected chi connectivity index (χ3v) is 4.97. The van der Waals surface area contributed by atoms with Crippen molar-refractivity contribution in [3.63, 3.8) is 0 Å². The molecule has 0 aromatic heterocycles. The summed E-state index contributed by atoms with van der Waals surface area (Å²) in [5.74, 6) is 0. The Bertz CT molecular complexity index is 496. The Hall–Kier alpha value is -0.820. The lowest BCUT2D eigenvalue weighted by molar-refractivity contribution is -0.403. The van der Waals surface area contributed by atoms with Crippen LogP contribution in [0.25, 0.3) is 0 Å². The maximum absolute atomic E-state index is 6.19. The summed E-state index contributed by atoms with van der Waals surface area (Å²) in [5, 5.41) is 0.872. The van der Waals surface area contributed by atoms with Gasteiger partial charge in [0.2, 0.25) is 5.69 Å². The lowest BCUT2D eigenvalue weighted by atomic mass is 9.68. The molecule has 90 valence electrons. The summed E-state index contributed by atoms with van der Waals surface area (Å²) in [7, 11) is 2.19. The van der Waals surface area contributed by atoms with Crippen molar-refractivity contribution >= 4 is 23.0 Å². The van der Waals surface area contributed by atoms with Crippen LogP contribution >= 0.6 is 11.6 Å². The first-order chi connectivity index (χ1) is 8.15. The number of fused-ring (bicyclic) bond motifs is 2. The second-order valence-electron chi connectivity index (χ2n) is 5.45. The fourth-order valence-electron chi connectivity index (χ4n) is 3.67. The van der Waals surface area contributed by atoms with E-state index in [2.05, 4.69) is 30.7 Å². The minimum absolute atomic E-state index is 0.285. The van der Waals surface area contributed by atoms with Crippen LogP contribution in [0.5, 0.6) is 0 Å². The van der Waals surface area contributed by atoms with Crippen LogP contribution in [-0.4, -0.2) is 17.3 Å². The van der Waals surface area contributed by atoms with Crippen molar-refractivity contribution in [1.82, 2.24) is 0 Å². The smallest absolute Gasteiger partial charge is 0.202 e. The number of halogens is 1. The van der Waals surface area contributed by atoms with Crippen molar-refractivity contribution in [1.29, 1.82) is 0 Å². The average molecular weight is 249 g/mol. The first-order valence-corrected chi connectivity index (χ1v) is 6.91. The molecule has 1 aromatic rings. The van der Waals surface area contributed by atoms with Crippen LogP contribution < -0.4 is 0 Å². The van der Waals surface area contributed by atoms with Gasteiger partial charge in [-0.05, 0) is 25.0 Å². The second kappa shape index (κ2) is 3.84. The molecule has 0 unspecified atom stereocenters. The predicted octanol–water partition coefficient (Wildman–Crippen LogP) is 4.29. The SMILES string of the molecule is CC1=[N+](C)c2ccc(Cl)cc2C12CCCCC2. The van der Waals surface area contributed by atoms with E-state index in [1.54, 1.807) is 0 Å². The lowest BCUT2D eigenvalue weighted by Crippen LogP contribution is -2.35. The van der Waals surface area contributed by atoms with Crippen LogP contribution in [0.15, 0.2) is 18.2 Å². The van der Waals surface area contributed by atoms with Crippen LogP contribution in [0.3, 0.4) is 0 Å². The van der Waals surface area contributed by atoms with Crippen molar-refractivity contribution < 1.29 is 4.58 Å². The number of hydrogen-bond donors (Lipinski definition) is 0. The fourth-order valence-corrected chi connectivity index (χ4v) is 3.84. The Labute approximate surface area is 108 Å². The van der Waals surface area contributed by atoms with Crippen LogP contribution in [0.4, 0.5) is 5.69 Å². The molecule has 1 heterocycles. The third kappa shape index (κ3) is 1.48. The highest BCUT2D eigenvalue weighted by molar-refractivity contribution is 6.30. The molecule has 1 saturated carbocycles. The van der Waals surface area contributed by atoms with Crippen molar-refractivity contribution in [2.45, 2.75) is 44.4 Å². The van der Waals surface area contributed by atoms with Gasteiger partial charge in [-0.25, -0.2) is 4.58 Å². The predicted molar refractivity (Wildman–Crippen MR) is 72.7 cm³/mol. The summed E-state index contributed by atoms with van der Waals surface area (Å²) >= 11 is 6.19. The van der Waals surface area contributed by atoms with Crippen molar-refractivity contribution in [2.75, 3.05) is 7.05 Å². The Morgan fingerprint density at radius 3 is 2.59 bits per heavy atom. The van der Waals surface area contributed by atoms with Crippen LogP contribution in [0.2, 0.25) is 5.02 Å². The normalized spacial score (nSPS) is 22.1. The molecule has 2 heteroatoms. The summed E-state index contributed by atoms with van der Waals surface area (Å²) in [6, 6.07) is 6.37. The van der Waals surface area contributed by atoms with E-state index in [4.69, 9.17) is 11.6 Å². The molecule has 1 aliphatic heterocycles. The summed E-state index contributed by atoms with van der Waals surface area (Å²) in [6.07, 6.45) is 6.65. The zero-order valence-corrected chi connectivity index (χ0v) is 11.3. The fraction of sp³-hybridized carbons (Fsp3) is 0.533. The summed E-state index contributed by atoms with van der Waals surface area (Å²) < 4.78 is 2.36. The van der Waals surface area contributed by atoms with Gasteiger partial charge in [-0.15, -0.1) is 0 Å². The zero-order chi connectivity index (χ0) is 12.0. The Balaban J connectivity index is 2.21. The molecule has 0 N–H and O–H groups in total. The molecule has 1 nitrogen and oxygen atoms in total. The summed E-state index contributed by atoms with van der Waals surface area (Å²) in [6.45, 7) is 2.29. The summed E-state index contributed by atoms with van der Waals surface area (Å²) in [4.78, 5) is 0. The van der Waals surface area contributed by atoms with E-state index in [0.717, 1.165) is 5.02 Å². The molecular formula is C15H19ClN+. The molecule has 0 radical (unpaired) electrons. The maximum atomic E-state index is 6.19. The van der Waals surface area contributed by atoms with E-state index in [1.807, 2.05) is 6.07 Å². The maximum Gasteiger partial charge on any atom is 0.209 e. The molecule has 1 spiro atoms. The van der Waals surface area contributed by atoms with Gasteiger partial charge in [0.1, 0.15) is 7.05 Å². The van der Waals surface area contributed by atoms with Gasteiger partial charge in [-0.2, -0.15) is 0 Å². The topological polar surface area (TPSA) is 3.01 Å². The monoisotopic (exact) mass is 248 g/mol. The summed E-state index contributed by atoms with van der Waals surface area (Å²) in [5.41, 5.74) is 4.61. The Morgan fingerprint density at radius 2 is 1.88 bits per heavy atom. The minimum atomic E-state index is 0.285. The van der Waals surface area contributed by atoms with Gasteiger partial charge in [0.05, 0.1) is 5.41 Å². The first kappa shape index (κ1) is 11.3. The highest BCUT2D eigenvalue weighted by Crippen LogP contribution is 2.48. The van der Waals surface area contributed by atoms with Gasteiger partial charge in [-0.1, -0.05) is 30.9 Å². The minimum Gasteiger partial charge on any atom is -0.202 e.